The van der Waals surface area contributed by atoms with Crippen molar-refractivity contribution in [1.82, 2.24) is 24.3 Å². The van der Waals surface area contributed by atoms with Crippen molar-refractivity contribution in [2.45, 2.75) is 63.7 Å². The number of urea groups is 1. The zero-order valence-corrected chi connectivity index (χ0v) is 22.9. The van der Waals surface area contributed by atoms with E-state index in [1.807, 2.05) is 7.05 Å². The Morgan fingerprint density at radius 1 is 1.10 bits per heavy atom. The molecule has 2 fully saturated rings. The standard InChI is InChI=1S/C27H39FN8O3/c1-27(2,30)24(37)34-12-14-35(15-13-34)25(38)31-23-10-11-36(26(39)32-23)21-7-4-18(22(28)16-21)17-33(3)20-8-5-19(29)6-9-20/h4,7,10-11,16,19-20H,5-6,8-9,12-15,17,29-30H2,1-3H3,(H,31,32,38,39). The molecule has 39 heavy (non-hydrogen) atoms. The topological polar surface area (TPSA) is 143 Å². The van der Waals surface area contributed by atoms with Gasteiger partial charge in [0.2, 0.25) is 5.91 Å². The van der Waals surface area contributed by atoms with Gasteiger partial charge >= 0.3 is 11.7 Å². The summed E-state index contributed by atoms with van der Waals surface area (Å²) in [6.45, 7) is 5.18. The van der Waals surface area contributed by atoms with Crippen LogP contribution in [0, 0.1) is 5.82 Å². The van der Waals surface area contributed by atoms with Gasteiger partial charge in [0.05, 0.1) is 11.2 Å². The Morgan fingerprint density at radius 3 is 2.33 bits per heavy atom. The van der Waals surface area contributed by atoms with Crippen LogP contribution in [0.3, 0.4) is 0 Å². The van der Waals surface area contributed by atoms with Crippen molar-refractivity contribution in [3.05, 3.63) is 52.3 Å². The highest BCUT2D eigenvalue weighted by atomic mass is 19.1. The van der Waals surface area contributed by atoms with Gasteiger partial charge in [0.15, 0.2) is 0 Å². The van der Waals surface area contributed by atoms with E-state index in [1.165, 1.54) is 22.9 Å². The first kappa shape index (κ1) is 28.7. The fourth-order valence-electron chi connectivity index (χ4n) is 5.13. The first-order valence-electron chi connectivity index (χ1n) is 13.4. The molecule has 3 amide bonds. The highest BCUT2D eigenvalue weighted by Gasteiger charge is 2.31. The molecule has 1 saturated carbocycles. The summed E-state index contributed by atoms with van der Waals surface area (Å²) >= 11 is 0. The van der Waals surface area contributed by atoms with Gasteiger partial charge in [-0.3, -0.25) is 19.6 Å². The number of nitrogens with zero attached hydrogens (tertiary/aromatic N) is 5. The number of carbonyl (C=O) groups excluding carboxylic acids is 2. The quantitative estimate of drug-likeness (QED) is 0.502. The minimum absolute atomic E-state index is 0.0914. The summed E-state index contributed by atoms with van der Waals surface area (Å²) < 4.78 is 16.2. The van der Waals surface area contributed by atoms with Crippen molar-refractivity contribution in [2.75, 3.05) is 38.5 Å². The number of rotatable bonds is 6. The average Bonchev–Trinajstić information content (AvgIpc) is 2.89. The van der Waals surface area contributed by atoms with Gasteiger partial charge in [-0.1, -0.05) is 6.07 Å². The molecular formula is C27H39FN8O3. The molecule has 1 aromatic heterocycles. The monoisotopic (exact) mass is 542 g/mol. The Balaban J connectivity index is 1.35. The molecule has 5 N–H and O–H groups in total. The lowest BCUT2D eigenvalue weighted by Gasteiger charge is -2.37. The van der Waals surface area contributed by atoms with Gasteiger partial charge in [-0.2, -0.15) is 4.98 Å². The molecule has 0 bridgehead atoms. The fourth-order valence-corrected chi connectivity index (χ4v) is 5.13. The molecule has 1 saturated heterocycles. The highest BCUT2D eigenvalue weighted by molar-refractivity contribution is 5.89. The normalized spacial score (nSPS) is 20.3. The summed E-state index contributed by atoms with van der Waals surface area (Å²) in [5, 5.41) is 2.63. The Morgan fingerprint density at radius 2 is 1.74 bits per heavy atom. The predicted octanol–water partition coefficient (Wildman–Crippen LogP) is 1.49. The first-order chi connectivity index (χ1) is 18.4. The molecule has 2 aromatic rings. The van der Waals surface area contributed by atoms with E-state index in [4.69, 9.17) is 11.5 Å². The summed E-state index contributed by atoms with van der Waals surface area (Å²) in [7, 11) is 2.00. The molecular weight excluding hydrogens is 503 g/mol. The third-order valence-corrected chi connectivity index (χ3v) is 7.54. The van der Waals surface area contributed by atoms with Crippen LogP contribution >= 0.6 is 0 Å². The zero-order valence-electron chi connectivity index (χ0n) is 22.9. The highest BCUT2D eigenvalue weighted by Crippen LogP contribution is 2.24. The summed E-state index contributed by atoms with van der Waals surface area (Å²) in [6.07, 6.45) is 5.42. The molecule has 212 valence electrons. The minimum atomic E-state index is -0.970. The van der Waals surface area contributed by atoms with E-state index in [2.05, 4.69) is 15.2 Å². The number of carbonyl (C=O) groups is 2. The molecule has 1 aliphatic heterocycles. The van der Waals surface area contributed by atoms with Gasteiger partial charge in [0, 0.05) is 56.6 Å². The largest absolute Gasteiger partial charge is 0.354 e. The van der Waals surface area contributed by atoms with E-state index in [0.29, 0.717) is 50.0 Å². The van der Waals surface area contributed by atoms with Crippen LogP contribution in [0.4, 0.5) is 15.0 Å². The third-order valence-electron chi connectivity index (χ3n) is 7.54. The maximum absolute atomic E-state index is 15.0. The molecule has 0 atom stereocenters. The molecule has 2 aliphatic rings. The van der Waals surface area contributed by atoms with E-state index < -0.39 is 23.1 Å². The molecule has 11 nitrogen and oxygen atoms in total. The van der Waals surface area contributed by atoms with E-state index >= 15 is 0 Å². The Kier molecular flexibility index (Phi) is 8.67. The second kappa shape index (κ2) is 11.8. The lowest BCUT2D eigenvalue weighted by atomic mass is 9.91. The van der Waals surface area contributed by atoms with Crippen LogP contribution in [0.5, 0.6) is 0 Å². The second-order valence-corrected chi connectivity index (χ2v) is 11.2. The van der Waals surface area contributed by atoms with Crippen molar-refractivity contribution in [3.63, 3.8) is 0 Å². The molecule has 0 unspecified atom stereocenters. The van der Waals surface area contributed by atoms with Gasteiger partial charge < -0.3 is 21.3 Å². The summed E-state index contributed by atoms with van der Waals surface area (Å²) in [5.41, 5.74) is 11.2. The van der Waals surface area contributed by atoms with Crippen LogP contribution < -0.4 is 22.5 Å². The number of hydrogen-bond acceptors (Lipinski definition) is 7. The van der Waals surface area contributed by atoms with Crippen molar-refractivity contribution in [3.8, 4) is 5.69 Å². The van der Waals surface area contributed by atoms with Gasteiger partial charge in [-0.25, -0.2) is 14.0 Å². The molecule has 1 aromatic carbocycles. The number of halogens is 1. The van der Waals surface area contributed by atoms with Crippen molar-refractivity contribution < 1.29 is 14.0 Å². The zero-order chi connectivity index (χ0) is 28.3. The Labute approximate surface area is 227 Å². The second-order valence-electron chi connectivity index (χ2n) is 11.2. The van der Waals surface area contributed by atoms with Crippen molar-refractivity contribution in [2.24, 2.45) is 11.5 Å². The summed E-state index contributed by atoms with van der Waals surface area (Å²) in [6, 6.07) is 6.41. The van der Waals surface area contributed by atoms with E-state index in [9.17, 15) is 18.8 Å². The smallest absolute Gasteiger partial charge is 0.338 e. The van der Waals surface area contributed by atoms with E-state index in [0.717, 1.165) is 25.7 Å². The molecule has 2 heterocycles. The number of piperazine rings is 1. The average molecular weight is 543 g/mol. The van der Waals surface area contributed by atoms with Crippen LogP contribution in [0.15, 0.2) is 35.3 Å². The molecule has 1 aliphatic carbocycles. The van der Waals surface area contributed by atoms with Crippen molar-refractivity contribution in [1.29, 1.82) is 0 Å². The van der Waals surface area contributed by atoms with Gasteiger partial charge in [-0.05, 0) is 64.8 Å². The predicted molar refractivity (Wildman–Crippen MR) is 147 cm³/mol. The van der Waals surface area contributed by atoms with Crippen LogP contribution in [-0.4, -0.2) is 87.0 Å². The lowest BCUT2D eigenvalue weighted by Crippen LogP contribution is -2.58. The fraction of sp³-hybridized carbons (Fsp3) is 0.556. The number of nitrogens with two attached hydrogens (primary N) is 2. The third kappa shape index (κ3) is 7.00. The lowest BCUT2D eigenvalue weighted by molar-refractivity contribution is -0.137. The first-order valence-corrected chi connectivity index (χ1v) is 13.4. The maximum Gasteiger partial charge on any atom is 0.354 e. The maximum atomic E-state index is 15.0. The van der Waals surface area contributed by atoms with Gasteiger partial charge in [-0.15, -0.1) is 0 Å². The van der Waals surface area contributed by atoms with Gasteiger partial charge in [0.25, 0.3) is 0 Å². The number of anilines is 1. The molecule has 12 heteroatoms. The Bertz CT molecular complexity index is 1240. The number of amides is 3. The number of nitrogens with one attached hydrogen (secondary N) is 1. The number of aromatic nitrogens is 2. The number of hydrogen-bond donors (Lipinski definition) is 3. The van der Waals surface area contributed by atoms with Crippen LogP contribution in [0.25, 0.3) is 5.69 Å². The van der Waals surface area contributed by atoms with E-state index in [1.54, 1.807) is 35.8 Å². The Hall–Kier alpha value is -3.35. The SMILES string of the molecule is CN(Cc1ccc(-n2ccc(NC(=O)N3CCN(C(=O)C(C)(C)N)CC3)nc2=O)cc1F)C1CCC(N)CC1. The summed E-state index contributed by atoms with van der Waals surface area (Å²) in [4.78, 5) is 47.0. The van der Waals surface area contributed by atoms with E-state index in [-0.39, 0.29) is 17.8 Å². The van der Waals surface area contributed by atoms with Crippen LogP contribution in [0.2, 0.25) is 0 Å². The van der Waals surface area contributed by atoms with Crippen LogP contribution in [-0.2, 0) is 11.3 Å². The minimum Gasteiger partial charge on any atom is -0.338 e. The van der Waals surface area contributed by atoms with Crippen LogP contribution in [0.1, 0.15) is 45.1 Å². The van der Waals surface area contributed by atoms with Crippen molar-refractivity contribution >= 4 is 17.8 Å². The molecule has 0 spiro atoms. The molecule has 4 rings (SSSR count). The number of benzene rings is 1. The molecule has 0 radical (unpaired) electrons. The summed E-state index contributed by atoms with van der Waals surface area (Å²) in [5.74, 6) is -0.473. The van der Waals surface area contributed by atoms with Gasteiger partial charge in [0.1, 0.15) is 11.6 Å².